The molecule has 0 aromatic heterocycles. The van der Waals surface area contributed by atoms with Crippen molar-refractivity contribution in [3.8, 4) is 0 Å². The van der Waals surface area contributed by atoms with Gasteiger partial charge in [0.25, 0.3) is 0 Å². The minimum absolute atomic E-state index is 0.0787. The fourth-order valence-corrected chi connectivity index (χ4v) is 0.650. The monoisotopic (exact) mass is 131 g/mol. The van der Waals surface area contributed by atoms with Crippen LogP contribution in [0, 0.1) is 6.58 Å². The van der Waals surface area contributed by atoms with Gasteiger partial charge in [-0.2, -0.15) is 0 Å². The van der Waals surface area contributed by atoms with E-state index in [1.807, 2.05) is 0 Å². The zero-order valence-corrected chi connectivity index (χ0v) is 5.99. The molecule has 1 radical (unpaired) electrons. The van der Waals surface area contributed by atoms with E-state index in [0.717, 1.165) is 6.42 Å². The van der Waals surface area contributed by atoms with Crippen LogP contribution in [0.15, 0.2) is 6.08 Å². The zero-order chi connectivity index (χ0) is 6.41. The van der Waals surface area contributed by atoms with Gasteiger partial charge in [0.05, 0.1) is 5.38 Å². The molecule has 0 amide bonds. The molecule has 8 heavy (non-hydrogen) atoms. The zero-order valence-electron chi connectivity index (χ0n) is 5.23. The Bertz CT molecular complexity index is 59.4. The highest BCUT2D eigenvalue weighted by molar-refractivity contribution is 6.21. The van der Waals surface area contributed by atoms with Crippen molar-refractivity contribution in [1.29, 1.82) is 0 Å². The molecule has 0 saturated carbocycles. The van der Waals surface area contributed by atoms with Crippen LogP contribution in [0.5, 0.6) is 0 Å². The van der Waals surface area contributed by atoms with E-state index < -0.39 is 0 Å². The molecule has 0 rings (SSSR count). The molecule has 1 heteroatoms. The highest BCUT2D eigenvalue weighted by Crippen LogP contribution is 2.06. The van der Waals surface area contributed by atoms with Crippen LogP contribution in [0.25, 0.3) is 0 Å². The number of alkyl halides is 1. The number of allylic oxidation sites excluding steroid dienone is 1. The maximum absolute atomic E-state index is 5.66. The highest BCUT2D eigenvalue weighted by atomic mass is 35.5. The molecule has 1 unspecified atom stereocenters. The molecule has 0 aliphatic carbocycles. The van der Waals surface area contributed by atoms with Crippen molar-refractivity contribution in [1.82, 2.24) is 0 Å². The summed E-state index contributed by atoms with van der Waals surface area (Å²) in [6.45, 7) is 7.29. The number of unbranched alkanes of at least 4 members (excludes halogenated alkanes) is 1. The smallest absolute Gasteiger partial charge is 0.0519 e. The van der Waals surface area contributed by atoms with Crippen LogP contribution in [0.3, 0.4) is 0 Å². The van der Waals surface area contributed by atoms with Crippen molar-refractivity contribution in [2.75, 3.05) is 0 Å². The maximum Gasteiger partial charge on any atom is 0.0519 e. The molecule has 0 aliphatic heterocycles. The van der Waals surface area contributed by atoms with Gasteiger partial charge in [-0.3, -0.25) is 0 Å². The molecule has 47 valence electrons. The first-order valence-corrected chi connectivity index (χ1v) is 3.44. The Labute approximate surface area is 56.5 Å². The SMILES string of the molecule is [CH]=CC(Cl)CCCC. The minimum Gasteiger partial charge on any atom is -0.118 e. The van der Waals surface area contributed by atoms with Crippen LogP contribution in [0.1, 0.15) is 26.2 Å². The van der Waals surface area contributed by atoms with E-state index >= 15 is 0 Å². The Morgan fingerprint density at radius 2 is 2.38 bits per heavy atom. The second-order valence-corrected chi connectivity index (χ2v) is 2.41. The van der Waals surface area contributed by atoms with E-state index in [1.165, 1.54) is 18.9 Å². The van der Waals surface area contributed by atoms with E-state index in [1.54, 1.807) is 0 Å². The van der Waals surface area contributed by atoms with Crippen molar-refractivity contribution in [2.45, 2.75) is 31.6 Å². The molecule has 0 spiro atoms. The van der Waals surface area contributed by atoms with E-state index in [0.29, 0.717) is 0 Å². The molecule has 0 aliphatic rings. The molecule has 0 bridgehead atoms. The average molecular weight is 132 g/mol. The molecule has 0 aromatic carbocycles. The standard InChI is InChI=1S/C7H12Cl/c1-3-5-6-7(8)4-2/h2,4,7H,3,5-6H2,1H3. The Morgan fingerprint density at radius 3 is 2.75 bits per heavy atom. The Morgan fingerprint density at radius 1 is 1.75 bits per heavy atom. The number of halogens is 1. The summed E-state index contributed by atoms with van der Waals surface area (Å²) >= 11 is 5.66. The van der Waals surface area contributed by atoms with E-state index in [-0.39, 0.29) is 5.38 Å². The minimum atomic E-state index is 0.0787. The first-order chi connectivity index (χ1) is 3.81. The first-order valence-electron chi connectivity index (χ1n) is 3.00. The number of hydrogen-bond acceptors (Lipinski definition) is 0. The molecular formula is C7H12Cl. The number of hydrogen-bond donors (Lipinski definition) is 0. The largest absolute Gasteiger partial charge is 0.118 e. The van der Waals surface area contributed by atoms with Crippen molar-refractivity contribution in [3.63, 3.8) is 0 Å². The van der Waals surface area contributed by atoms with Crippen molar-refractivity contribution in [2.24, 2.45) is 0 Å². The second-order valence-electron chi connectivity index (χ2n) is 1.85. The second kappa shape index (κ2) is 5.17. The summed E-state index contributed by atoms with van der Waals surface area (Å²) in [6, 6.07) is 0. The third kappa shape index (κ3) is 4.20. The van der Waals surface area contributed by atoms with Crippen LogP contribution < -0.4 is 0 Å². The summed E-state index contributed by atoms with van der Waals surface area (Å²) in [5.74, 6) is 0. The van der Waals surface area contributed by atoms with Crippen molar-refractivity contribution in [3.05, 3.63) is 12.7 Å². The Kier molecular flexibility index (Phi) is 5.19. The summed E-state index contributed by atoms with van der Waals surface area (Å²) in [4.78, 5) is 0. The predicted octanol–water partition coefficient (Wildman–Crippen LogP) is 2.77. The molecule has 1 atom stereocenters. The topological polar surface area (TPSA) is 0 Å². The first kappa shape index (κ1) is 8.03. The van der Waals surface area contributed by atoms with Gasteiger partial charge in [-0.1, -0.05) is 32.4 Å². The van der Waals surface area contributed by atoms with Crippen LogP contribution in [-0.4, -0.2) is 5.38 Å². The van der Waals surface area contributed by atoms with Crippen molar-refractivity contribution >= 4 is 11.6 Å². The predicted molar refractivity (Wildman–Crippen MR) is 38.0 cm³/mol. The van der Waals surface area contributed by atoms with Crippen LogP contribution in [-0.2, 0) is 0 Å². The van der Waals surface area contributed by atoms with Gasteiger partial charge >= 0.3 is 0 Å². The maximum atomic E-state index is 5.66. The summed E-state index contributed by atoms with van der Waals surface area (Å²) in [7, 11) is 0. The van der Waals surface area contributed by atoms with E-state index in [4.69, 9.17) is 18.2 Å². The Hall–Kier alpha value is 0.0300. The normalized spacial score (nSPS) is 13.2. The summed E-state index contributed by atoms with van der Waals surface area (Å²) < 4.78 is 0. The van der Waals surface area contributed by atoms with Gasteiger partial charge in [0.1, 0.15) is 0 Å². The third-order valence-electron chi connectivity index (χ3n) is 1.04. The lowest BCUT2D eigenvalue weighted by Crippen LogP contribution is -1.90. The molecule has 0 saturated heterocycles. The molecule has 0 heterocycles. The highest BCUT2D eigenvalue weighted by Gasteiger charge is 1.94. The molecular weight excluding hydrogens is 120 g/mol. The lowest BCUT2D eigenvalue weighted by atomic mass is 10.2. The van der Waals surface area contributed by atoms with Gasteiger partial charge in [0.2, 0.25) is 0 Å². The molecule has 0 aromatic rings. The summed E-state index contributed by atoms with van der Waals surface area (Å²) in [5, 5.41) is 0.0787. The lowest BCUT2D eigenvalue weighted by molar-refractivity contribution is 0.734. The summed E-state index contributed by atoms with van der Waals surface area (Å²) in [6.07, 6.45) is 4.91. The lowest BCUT2D eigenvalue weighted by Gasteiger charge is -1.98. The molecule has 0 N–H and O–H groups in total. The molecule has 0 nitrogen and oxygen atoms in total. The van der Waals surface area contributed by atoms with Crippen molar-refractivity contribution < 1.29 is 0 Å². The fourth-order valence-electron chi connectivity index (χ4n) is 0.495. The molecule has 0 fully saturated rings. The quantitative estimate of drug-likeness (QED) is 0.515. The fraction of sp³-hybridized carbons (Fsp3) is 0.714. The summed E-state index contributed by atoms with van der Waals surface area (Å²) in [5.41, 5.74) is 0. The van der Waals surface area contributed by atoms with Crippen LogP contribution in [0.4, 0.5) is 0 Å². The van der Waals surface area contributed by atoms with Gasteiger partial charge in [0.15, 0.2) is 0 Å². The van der Waals surface area contributed by atoms with Gasteiger partial charge < -0.3 is 0 Å². The third-order valence-corrected chi connectivity index (χ3v) is 1.41. The van der Waals surface area contributed by atoms with Crippen LogP contribution in [0.2, 0.25) is 0 Å². The van der Waals surface area contributed by atoms with E-state index in [2.05, 4.69) is 6.92 Å². The van der Waals surface area contributed by atoms with Gasteiger partial charge in [-0.25, -0.2) is 0 Å². The average Bonchev–Trinajstić information content (AvgIpc) is 1.83. The Balaban J connectivity index is 2.98. The van der Waals surface area contributed by atoms with Gasteiger partial charge in [-0.15, -0.1) is 11.6 Å². The number of rotatable bonds is 4. The van der Waals surface area contributed by atoms with Gasteiger partial charge in [-0.05, 0) is 6.42 Å². The van der Waals surface area contributed by atoms with Crippen LogP contribution >= 0.6 is 11.6 Å². The van der Waals surface area contributed by atoms with E-state index in [9.17, 15) is 0 Å². The van der Waals surface area contributed by atoms with Gasteiger partial charge in [0, 0.05) is 0 Å².